The summed E-state index contributed by atoms with van der Waals surface area (Å²) in [5.74, 6) is 1.05. The van der Waals surface area contributed by atoms with Gasteiger partial charge >= 0.3 is 6.03 Å². The van der Waals surface area contributed by atoms with Crippen LogP contribution in [0.2, 0.25) is 10.0 Å². The Balaban J connectivity index is 1.68. The molecule has 2 fully saturated rings. The van der Waals surface area contributed by atoms with E-state index < -0.39 is 12.2 Å². The van der Waals surface area contributed by atoms with Crippen molar-refractivity contribution in [2.75, 3.05) is 26.7 Å². The second-order valence-corrected chi connectivity index (χ2v) is 11.0. The van der Waals surface area contributed by atoms with E-state index in [9.17, 15) is 9.59 Å². The highest BCUT2D eigenvalue weighted by Crippen LogP contribution is 2.48. The Morgan fingerprint density at radius 1 is 1.00 bits per heavy atom. The largest absolute Gasteiger partial charge is 0.497 e. The van der Waals surface area contributed by atoms with Gasteiger partial charge in [-0.3, -0.25) is 15.0 Å². The molecule has 10 heteroatoms. The second kappa shape index (κ2) is 12.0. The maximum atomic E-state index is 14.4. The van der Waals surface area contributed by atoms with Gasteiger partial charge < -0.3 is 19.7 Å². The summed E-state index contributed by atoms with van der Waals surface area (Å²) in [7, 11) is 1.60. The van der Waals surface area contributed by atoms with Crippen molar-refractivity contribution in [1.82, 2.24) is 20.4 Å². The number of halogens is 2. The topological polar surface area (TPSA) is 83.1 Å². The second-order valence-electron chi connectivity index (χ2n) is 10.1. The molecule has 0 aliphatic carbocycles. The van der Waals surface area contributed by atoms with Gasteiger partial charge in [-0.1, -0.05) is 47.5 Å². The molecule has 3 amide bonds. The number of nitrogens with zero attached hydrogens (tertiary/aromatic N) is 2. The quantitative estimate of drug-likeness (QED) is 0.388. The van der Waals surface area contributed by atoms with Crippen molar-refractivity contribution in [1.29, 1.82) is 0 Å². The summed E-state index contributed by atoms with van der Waals surface area (Å²) in [6.45, 7) is 4.68. The lowest BCUT2D eigenvalue weighted by molar-refractivity contribution is -0.123. The van der Waals surface area contributed by atoms with Crippen LogP contribution in [0.25, 0.3) is 0 Å². The number of urea groups is 1. The Kier molecular flexibility index (Phi) is 8.40. The summed E-state index contributed by atoms with van der Waals surface area (Å²) in [5, 5.41) is 7.71. The van der Waals surface area contributed by atoms with Crippen molar-refractivity contribution in [2.45, 2.75) is 38.2 Å². The maximum absolute atomic E-state index is 14.4. The van der Waals surface area contributed by atoms with Crippen LogP contribution in [0.1, 0.15) is 48.8 Å². The smallest absolute Gasteiger partial charge is 0.322 e. The minimum Gasteiger partial charge on any atom is -0.497 e. The number of piperazine rings is 1. The fourth-order valence-corrected chi connectivity index (χ4v) is 5.64. The van der Waals surface area contributed by atoms with Crippen LogP contribution in [0.5, 0.6) is 11.5 Å². The minimum absolute atomic E-state index is 0.0187. The van der Waals surface area contributed by atoms with Gasteiger partial charge in [-0.05, 0) is 61.4 Å². The number of hydrogen-bond donors (Lipinski definition) is 2. The van der Waals surface area contributed by atoms with Gasteiger partial charge in [-0.2, -0.15) is 0 Å². The van der Waals surface area contributed by atoms with Crippen LogP contribution >= 0.6 is 23.2 Å². The van der Waals surface area contributed by atoms with Gasteiger partial charge in [0.05, 0.1) is 25.3 Å². The van der Waals surface area contributed by atoms with Crippen LogP contribution in [-0.2, 0) is 4.79 Å². The third kappa shape index (κ3) is 5.84. The van der Waals surface area contributed by atoms with Crippen LogP contribution in [0.3, 0.4) is 0 Å². The highest BCUT2D eigenvalue weighted by atomic mass is 35.5. The predicted molar refractivity (Wildman–Crippen MR) is 155 cm³/mol. The molecule has 0 saturated carbocycles. The van der Waals surface area contributed by atoms with Crippen molar-refractivity contribution in [3.05, 3.63) is 93.5 Å². The zero-order chi connectivity index (χ0) is 28.4. The highest BCUT2D eigenvalue weighted by Gasteiger charge is 2.48. The van der Waals surface area contributed by atoms with E-state index >= 15 is 0 Å². The predicted octanol–water partition coefficient (Wildman–Crippen LogP) is 5.73. The number of hydrogen-bond acceptors (Lipinski definition) is 5. The van der Waals surface area contributed by atoms with Crippen LogP contribution in [0.4, 0.5) is 4.79 Å². The monoisotopic (exact) mass is 582 g/mol. The van der Waals surface area contributed by atoms with E-state index in [2.05, 4.69) is 10.6 Å². The van der Waals surface area contributed by atoms with Gasteiger partial charge in [0.15, 0.2) is 0 Å². The molecule has 210 valence electrons. The fraction of sp³-hybridized carbons (Fsp3) is 0.333. The van der Waals surface area contributed by atoms with Gasteiger partial charge in [-0.25, -0.2) is 4.79 Å². The Labute approximate surface area is 244 Å². The molecular weight excluding hydrogens is 551 g/mol. The molecule has 3 aromatic carbocycles. The molecule has 0 bridgehead atoms. The number of carbonyl (C=O) groups is 2. The summed E-state index contributed by atoms with van der Waals surface area (Å²) in [5.41, 5.74) is 2.58. The van der Waals surface area contributed by atoms with Gasteiger partial charge in [0.25, 0.3) is 0 Å². The number of rotatable bonds is 6. The van der Waals surface area contributed by atoms with Crippen molar-refractivity contribution < 1.29 is 19.1 Å². The Morgan fingerprint density at radius 3 is 2.45 bits per heavy atom. The molecule has 8 nitrogen and oxygen atoms in total. The van der Waals surface area contributed by atoms with E-state index in [1.165, 1.54) is 0 Å². The zero-order valence-corrected chi connectivity index (χ0v) is 24.1. The van der Waals surface area contributed by atoms with Gasteiger partial charge in [0, 0.05) is 34.8 Å². The third-order valence-electron chi connectivity index (χ3n) is 7.06. The fourth-order valence-electron chi connectivity index (χ4n) is 5.31. The van der Waals surface area contributed by atoms with Crippen molar-refractivity contribution >= 4 is 35.1 Å². The number of carbonyl (C=O) groups excluding carboxylic acids is 2. The van der Waals surface area contributed by atoms with E-state index in [4.69, 9.17) is 32.7 Å². The first-order valence-electron chi connectivity index (χ1n) is 13.2. The summed E-state index contributed by atoms with van der Waals surface area (Å²) < 4.78 is 11.7. The molecule has 40 heavy (non-hydrogen) atoms. The van der Waals surface area contributed by atoms with Crippen LogP contribution in [-0.4, -0.2) is 54.6 Å². The van der Waals surface area contributed by atoms with Crippen LogP contribution < -0.4 is 20.1 Å². The molecule has 2 heterocycles. The minimum atomic E-state index is -0.596. The van der Waals surface area contributed by atoms with E-state index in [0.717, 1.165) is 16.7 Å². The average Bonchev–Trinajstić information content (AvgIpc) is 3.33. The van der Waals surface area contributed by atoms with Crippen molar-refractivity contribution in [2.24, 2.45) is 0 Å². The first kappa shape index (κ1) is 28.1. The van der Waals surface area contributed by atoms with E-state index in [0.29, 0.717) is 34.6 Å². The van der Waals surface area contributed by atoms with Crippen molar-refractivity contribution in [3.63, 3.8) is 0 Å². The first-order chi connectivity index (χ1) is 19.2. The van der Waals surface area contributed by atoms with Crippen LogP contribution in [0, 0.1) is 0 Å². The van der Waals surface area contributed by atoms with Gasteiger partial charge in [0.2, 0.25) is 5.91 Å². The standard InChI is InChI=1S/C30H32Cl2N4O4/c1-18(2)40-25-16-23(39-3)11-12-24(25)29-34-27(20-5-4-6-22(32)15-20)28(19-7-9-21(31)10-8-19)36(29)30(38)35-14-13-33-26(37)17-35/h4-12,15-16,18,27-29,34H,13-14,17H2,1-3H3,(H,33,37)/t27-,28+,29?/m0/s1. The number of ether oxygens (including phenoxy) is 2. The van der Waals surface area contributed by atoms with E-state index in [-0.39, 0.29) is 30.6 Å². The summed E-state index contributed by atoms with van der Waals surface area (Å²) in [4.78, 5) is 30.1. The molecule has 0 spiro atoms. The lowest BCUT2D eigenvalue weighted by Gasteiger charge is -2.37. The molecule has 0 radical (unpaired) electrons. The lowest BCUT2D eigenvalue weighted by atomic mass is 9.94. The highest BCUT2D eigenvalue weighted by molar-refractivity contribution is 6.30. The summed E-state index contributed by atoms with van der Waals surface area (Å²) in [6, 6.07) is 19.7. The molecule has 5 rings (SSSR count). The third-order valence-corrected chi connectivity index (χ3v) is 7.55. The number of nitrogens with one attached hydrogen (secondary N) is 2. The normalized spacial score (nSPS) is 20.9. The number of benzene rings is 3. The molecule has 1 unspecified atom stereocenters. The molecule has 2 N–H and O–H groups in total. The molecular formula is C30H32Cl2N4O4. The molecule has 2 aliphatic heterocycles. The Bertz CT molecular complexity index is 1380. The van der Waals surface area contributed by atoms with Crippen molar-refractivity contribution in [3.8, 4) is 11.5 Å². The SMILES string of the molecule is COc1ccc(C2N[C@@H](c3cccc(Cl)c3)[C@@H](c3ccc(Cl)cc3)N2C(=O)N2CCNC(=O)C2)c(OC(C)C)c1. The number of methoxy groups -OCH3 is 1. The summed E-state index contributed by atoms with van der Waals surface area (Å²) in [6.07, 6.45) is -0.709. The zero-order valence-electron chi connectivity index (χ0n) is 22.6. The Hall–Kier alpha value is -3.46. The first-order valence-corrected chi connectivity index (χ1v) is 14.0. The Morgan fingerprint density at radius 2 is 1.77 bits per heavy atom. The molecule has 3 aromatic rings. The molecule has 2 aliphatic rings. The summed E-state index contributed by atoms with van der Waals surface area (Å²) >= 11 is 12.7. The maximum Gasteiger partial charge on any atom is 0.322 e. The molecule has 2 saturated heterocycles. The lowest BCUT2D eigenvalue weighted by Crippen LogP contribution is -2.54. The van der Waals surface area contributed by atoms with Crippen LogP contribution in [0.15, 0.2) is 66.7 Å². The number of amides is 3. The van der Waals surface area contributed by atoms with Gasteiger partial charge in [-0.15, -0.1) is 0 Å². The van der Waals surface area contributed by atoms with E-state index in [1.807, 2.05) is 85.5 Å². The molecule has 3 atom stereocenters. The molecule has 0 aromatic heterocycles. The van der Waals surface area contributed by atoms with E-state index in [1.54, 1.807) is 12.0 Å². The average molecular weight is 584 g/mol. The van der Waals surface area contributed by atoms with Gasteiger partial charge in [0.1, 0.15) is 24.2 Å².